The van der Waals surface area contributed by atoms with Crippen molar-refractivity contribution in [2.45, 2.75) is 57.9 Å². The Bertz CT molecular complexity index is 1170. The Morgan fingerprint density at radius 2 is 1.94 bits per heavy atom. The molecule has 1 N–H and O–H groups in total. The van der Waals surface area contributed by atoms with Crippen LogP contribution in [0.25, 0.3) is 6.08 Å². The summed E-state index contributed by atoms with van der Waals surface area (Å²) in [5, 5.41) is 12.8. The molecule has 184 valence electrons. The average Bonchev–Trinajstić information content (AvgIpc) is 3.25. The van der Waals surface area contributed by atoms with Crippen LogP contribution >= 0.6 is 0 Å². The lowest BCUT2D eigenvalue weighted by atomic mass is 9.97. The molecule has 35 heavy (non-hydrogen) atoms. The zero-order valence-corrected chi connectivity index (χ0v) is 19.8. The number of nitriles is 1. The fourth-order valence-electron chi connectivity index (χ4n) is 5.45. The molecule has 1 aromatic carbocycles. The Hall–Kier alpha value is -2.96. The molecule has 0 amide bonds. The molecule has 1 aromatic heterocycles. The summed E-state index contributed by atoms with van der Waals surface area (Å²) < 4.78 is 38.3. The second-order valence-electron chi connectivity index (χ2n) is 9.80. The fraction of sp³-hybridized carbons (Fsp3) is 0.500. The standard InChI is InChI=1S/C26H29F3N6/c1-17-20(3-2-19-10-18(12-30)11-23(17)19)13-34-7-4-21(5-8-34)33-25-22-6-9-35(15-26(27,28)29)14-24(22)31-16-32-25/h2-3,11,16,21H,4-10,13-15H2,1H3,(H,31,32,33). The summed E-state index contributed by atoms with van der Waals surface area (Å²) in [7, 11) is 0. The van der Waals surface area contributed by atoms with E-state index in [1.54, 1.807) is 0 Å². The summed E-state index contributed by atoms with van der Waals surface area (Å²) in [5.74, 6) is 0.773. The molecule has 5 rings (SSSR count). The monoisotopic (exact) mass is 482 g/mol. The van der Waals surface area contributed by atoms with Crippen molar-refractivity contribution in [2.24, 2.45) is 0 Å². The number of hydrogen-bond donors (Lipinski definition) is 1. The number of anilines is 1. The highest BCUT2D eigenvalue weighted by atomic mass is 19.4. The summed E-state index contributed by atoms with van der Waals surface area (Å²) in [5.41, 5.74) is 7.48. The molecule has 1 saturated heterocycles. The lowest BCUT2D eigenvalue weighted by molar-refractivity contribution is -0.147. The molecule has 2 aromatic rings. The van der Waals surface area contributed by atoms with Gasteiger partial charge in [-0.05, 0) is 54.5 Å². The maximum Gasteiger partial charge on any atom is 0.401 e. The number of rotatable bonds is 5. The quantitative estimate of drug-likeness (QED) is 0.688. The van der Waals surface area contributed by atoms with Gasteiger partial charge in [0, 0.05) is 56.3 Å². The fourth-order valence-corrected chi connectivity index (χ4v) is 5.45. The highest BCUT2D eigenvalue weighted by Crippen LogP contribution is 2.31. The van der Waals surface area contributed by atoms with Gasteiger partial charge < -0.3 is 5.32 Å². The van der Waals surface area contributed by atoms with Crippen molar-refractivity contribution in [2.75, 3.05) is 31.5 Å². The molecule has 0 bridgehead atoms. The van der Waals surface area contributed by atoms with E-state index in [1.165, 1.54) is 33.5 Å². The van der Waals surface area contributed by atoms with Crippen molar-refractivity contribution in [1.29, 1.82) is 5.26 Å². The number of fused-ring (bicyclic) bond motifs is 2. The maximum absolute atomic E-state index is 12.8. The van der Waals surface area contributed by atoms with Crippen LogP contribution in [0.4, 0.5) is 19.0 Å². The van der Waals surface area contributed by atoms with E-state index in [0.717, 1.165) is 55.9 Å². The second-order valence-corrected chi connectivity index (χ2v) is 9.80. The predicted molar refractivity (Wildman–Crippen MR) is 127 cm³/mol. The van der Waals surface area contributed by atoms with Crippen LogP contribution < -0.4 is 5.32 Å². The first kappa shape index (κ1) is 23.8. The Labute approximate surface area is 203 Å². The Balaban J connectivity index is 1.18. The molecule has 0 saturated carbocycles. The topological polar surface area (TPSA) is 68.1 Å². The van der Waals surface area contributed by atoms with Gasteiger partial charge in [0.05, 0.1) is 18.3 Å². The van der Waals surface area contributed by atoms with Crippen LogP contribution in [0, 0.1) is 18.3 Å². The third-order valence-electron chi connectivity index (χ3n) is 7.37. The molecule has 3 aliphatic rings. The number of nitrogens with zero attached hydrogens (tertiary/aromatic N) is 5. The molecular weight excluding hydrogens is 453 g/mol. The number of benzene rings is 1. The molecule has 6 nitrogen and oxygen atoms in total. The number of aromatic nitrogens is 2. The summed E-state index contributed by atoms with van der Waals surface area (Å²) in [6, 6.07) is 6.91. The van der Waals surface area contributed by atoms with Gasteiger partial charge in [0.2, 0.25) is 0 Å². The molecule has 1 fully saturated rings. The maximum atomic E-state index is 12.8. The minimum atomic E-state index is -4.20. The third kappa shape index (κ3) is 5.34. The number of allylic oxidation sites excluding steroid dienone is 1. The van der Waals surface area contributed by atoms with Crippen LogP contribution in [0.3, 0.4) is 0 Å². The van der Waals surface area contributed by atoms with Crippen LogP contribution in [0.2, 0.25) is 0 Å². The van der Waals surface area contributed by atoms with E-state index in [2.05, 4.69) is 45.3 Å². The molecule has 2 aliphatic heterocycles. The van der Waals surface area contributed by atoms with Gasteiger partial charge in [-0.3, -0.25) is 9.80 Å². The van der Waals surface area contributed by atoms with Gasteiger partial charge in [-0.25, -0.2) is 9.97 Å². The Morgan fingerprint density at radius 1 is 1.14 bits per heavy atom. The molecular formula is C26H29F3N6. The molecule has 0 spiro atoms. The number of piperidine rings is 1. The van der Waals surface area contributed by atoms with Crippen molar-refractivity contribution < 1.29 is 13.2 Å². The first-order valence-electron chi connectivity index (χ1n) is 12.1. The predicted octanol–water partition coefficient (Wildman–Crippen LogP) is 4.25. The molecule has 1 aliphatic carbocycles. The molecule has 0 unspecified atom stereocenters. The lowest BCUT2D eigenvalue weighted by Gasteiger charge is -2.34. The first-order chi connectivity index (χ1) is 16.8. The highest BCUT2D eigenvalue weighted by molar-refractivity contribution is 5.70. The van der Waals surface area contributed by atoms with Gasteiger partial charge in [-0.2, -0.15) is 18.4 Å². The number of alkyl halides is 3. The second kappa shape index (κ2) is 9.59. The van der Waals surface area contributed by atoms with Gasteiger partial charge in [-0.1, -0.05) is 12.1 Å². The van der Waals surface area contributed by atoms with Crippen LogP contribution in [0.15, 0.2) is 24.0 Å². The van der Waals surface area contributed by atoms with Crippen molar-refractivity contribution in [3.63, 3.8) is 0 Å². The van der Waals surface area contributed by atoms with Gasteiger partial charge in [0.25, 0.3) is 0 Å². The van der Waals surface area contributed by atoms with E-state index in [9.17, 15) is 18.4 Å². The lowest BCUT2D eigenvalue weighted by Crippen LogP contribution is -2.40. The zero-order valence-electron chi connectivity index (χ0n) is 19.8. The van der Waals surface area contributed by atoms with E-state index in [4.69, 9.17) is 0 Å². The van der Waals surface area contributed by atoms with E-state index < -0.39 is 12.7 Å². The van der Waals surface area contributed by atoms with Crippen LogP contribution in [0.1, 0.15) is 46.4 Å². The largest absolute Gasteiger partial charge is 0.401 e. The third-order valence-corrected chi connectivity index (χ3v) is 7.37. The normalized spacial score (nSPS) is 19.1. The minimum Gasteiger partial charge on any atom is -0.367 e. The number of likely N-dealkylation sites (tertiary alicyclic amines) is 1. The van der Waals surface area contributed by atoms with Crippen molar-refractivity contribution in [3.8, 4) is 6.07 Å². The average molecular weight is 483 g/mol. The van der Waals surface area contributed by atoms with Crippen LogP contribution in [-0.2, 0) is 25.9 Å². The van der Waals surface area contributed by atoms with Gasteiger partial charge >= 0.3 is 6.18 Å². The van der Waals surface area contributed by atoms with E-state index in [1.807, 2.05) is 6.08 Å². The van der Waals surface area contributed by atoms with Gasteiger partial charge in [0.15, 0.2) is 0 Å². The smallest absolute Gasteiger partial charge is 0.367 e. The number of halogens is 3. The van der Waals surface area contributed by atoms with Crippen LogP contribution in [-0.4, -0.2) is 58.2 Å². The van der Waals surface area contributed by atoms with E-state index >= 15 is 0 Å². The first-order valence-corrected chi connectivity index (χ1v) is 12.1. The number of nitrogens with one attached hydrogen (secondary N) is 1. The molecule has 0 radical (unpaired) electrons. The SMILES string of the molecule is Cc1c(CN2CCC(Nc3ncnc4c3CCN(CC(F)(F)F)C4)CC2)ccc2c1C=C(C#N)C2. The molecule has 9 heteroatoms. The Kier molecular flexibility index (Phi) is 6.51. The van der Waals surface area contributed by atoms with Gasteiger partial charge in [-0.15, -0.1) is 0 Å². The van der Waals surface area contributed by atoms with E-state index in [-0.39, 0.29) is 12.6 Å². The van der Waals surface area contributed by atoms with E-state index in [0.29, 0.717) is 18.7 Å². The molecule has 3 heterocycles. The van der Waals surface area contributed by atoms with Crippen molar-refractivity contribution >= 4 is 11.9 Å². The minimum absolute atomic E-state index is 0.204. The van der Waals surface area contributed by atoms with Crippen molar-refractivity contribution in [1.82, 2.24) is 19.8 Å². The zero-order chi connectivity index (χ0) is 24.6. The summed E-state index contributed by atoms with van der Waals surface area (Å²) >= 11 is 0. The number of hydrogen-bond acceptors (Lipinski definition) is 6. The van der Waals surface area contributed by atoms with Gasteiger partial charge in [0.1, 0.15) is 12.1 Å². The summed E-state index contributed by atoms with van der Waals surface area (Å²) in [6.45, 7) is 4.61. The summed E-state index contributed by atoms with van der Waals surface area (Å²) in [6.07, 6.45) is 2.48. The Morgan fingerprint density at radius 3 is 2.69 bits per heavy atom. The van der Waals surface area contributed by atoms with Crippen molar-refractivity contribution in [3.05, 3.63) is 57.5 Å². The highest BCUT2D eigenvalue weighted by Gasteiger charge is 2.33. The summed E-state index contributed by atoms with van der Waals surface area (Å²) in [4.78, 5) is 12.5. The molecule has 0 atom stereocenters. The van der Waals surface area contributed by atoms with Crippen LogP contribution in [0.5, 0.6) is 0 Å².